The summed E-state index contributed by atoms with van der Waals surface area (Å²) in [5.41, 5.74) is 6.16. The molecule has 0 spiro atoms. The maximum absolute atomic E-state index is 6.17. The number of aryl methyl sites for hydroxylation is 1. The fraction of sp³-hybridized carbons (Fsp3) is 0.684. The highest BCUT2D eigenvalue weighted by atomic mass is 35.5. The van der Waals surface area contributed by atoms with Crippen LogP contribution in [0.15, 0.2) is 12.1 Å². The first kappa shape index (κ1) is 20.5. The third-order valence-electron chi connectivity index (χ3n) is 4.13. The quantitative estimate of drug-likeness (QED) is 0.484. The van der Waals surface area contributed by atoms with E-state index in [2.05, 4.69) is 32.9 Å². The fourth-order valence-corrected chi connectivity index (χ4v) is 3.10. The minimum absolute atomic E-state index is 0. The normalized spacial score (nSPS) is 10.5. The van der Waals surface area contributed by atoms with Crippen molar-refractivity contribution in [2.75, 3.05) is 0 Å². The molecule has 1 rings (SSSR count). The van der Waals surface area contributed by atoms with Crippen molar-refractivity contribution in [3.8, 4) is 0 Å². The van der Waals surface area contributed by atoms with Gasteiger partial charge < -0.3 is 6.15 Å². The lowest BCUT2D eigenvalue weighted by Crippen LogP contribution is -2.05. The van der Waals surface area contributed by atoms with Crippen molar-refractivity contribution in [1.82, 2.24) is 6.15 Å². The monoisotopic (exact) mass is 311 g/mol. The predicted molar refractivity (Wildman–Crippen MR) is 96.9 cm³/mol. The lowest BCUT2D eigenvalue weighted by molar-refractivity contribution is 0.731. The van der Waals surface area contributed by atoms with Crippen LogP contribution in [-0.2, 0) is 25.1 Å². The Bertz CT molecular complexity index is 387. The molecule has 1 aromatic carbocycles. The molecule has 1 aromatic rings. The van der Waals surface area contributed by atoms with Crippen LogP contribution < -0.4 is 6.15 Å². The maximum Gasteiger partial charge on any atom is 0.0476 e. The third-order valence-corrected chi connectivity index (χ3v) is 4.42. The van der Waals surface area contributed by atoms with Crippen molar-refractivity contribution in [3.63, 3.8) is 0 Å². The van der Waals surface area contributed by atoms with Gasteiger partial charge in [0.15, 0.2) is 0 Å². The highest BCUT2D eigenvalue weighted by Crippen LogP contribution is 2.26. The second kappa shape index (κ2) is 12.1. The van der Waals surface area contributed by atoms with Crippen LogP contribution in [0, 0.1) is 0 Å². The minimum Gasteiger partial charge on any atom is -0.344 e. The highest BCUT2D eigenvalue weighted by Gasteiger charge is 2.12. The molecule has 0 aromatic heterocycles. The Hall–Kier alpha value is -0.530. The Labute approximate surface area is 137 Å². The van der Waals surface area contributed by atoms with Gasteiger partial charge in [0.2, 0.25) is 0 Å². The zero-order chi connectivity index (χ0) is 14.8. The smallest absolute Gasteiger partial charge is 0.0476 e. The van der Waals surface area contributed by atoms with Gasteiger partial charge in [0, 0.05) is 5.88 Å². The molecule has 0 aliphatic carbocycles. The summed E-state index contributed by atoms with van der Waals surface area (Å²) in [5.74, 6) is 0.659. The molecular formula is C19H34ClN. The Morgan fingerprint density at radius 1 is 0.714 bits per heavy atom. The van der Waals surface area contributed by atoms with E-state index < -0.39 is 0 Å². The van der Waals surface area contributed by atoms with Gasteiger partial charge in [-0.3, -0.25) is 0 Å². The largest absolute Gasteiger partial charge is 0.344 e. The van der Waals surface area contributed by atoms with Gasteiger partial charge in [-0.15, -0.1) is 11.6 Å². The maximum atomic E-state index is 6.17. The summed E-state index contributed by atoms with van der Waals surface area (Å²) in [6.07, 6.45) is 11.3. The molecular weight excluding hydrogens is 278 g/mol. The van der Waals surface area contributed by atoms with E-state index in [-0.39, 0.29) is 6.15 Å². The summed E-state index contributed by atoms with van der Waals surface area (Å²) in [4.78, 5) is 0. The molecule has 1 nitrogen and oxygen atoms in total. The zero-order valence-electron chi connectivity index (χ0n) is 14.3. The summed E-state index contributed by atoms with van der Waals surface area (Å²) in [6.45, 7) is 6.83. The number of unbranched alkanes of at least 4 members (excludes halogenated alkanes) is 3. The van der Waals surface area contributed by atoms with Gasteiger partial charge in [-0.1, -0.05) is 52.2 Å². The van der Waals surface area contributed by atoms with Crippen molar-refractivity contribution in [1.29, 1.82) is 0 Å². The van der Waals surface area contributed by atoms with E-state index in [1.54, 1.807) is 16.7 Å². The molecule has 2 heteroatoms. The molecule has 0 bridgehead atoms. The molecule has 0 unspecified atom stereocenters. The van der Waals surface area contributed by atoms with Crippen molar-refractivity contribution in [2.24, 2.45) is 0 Å². The van der Waals surface area contributed by atoms with E-state index in [0.717, 1.165) is 0 Å². The molecule has 3 N–H and O–H groups in total. The second-order valence-electron chi connectivity index (χ2n) is 5.79. The van der Waals surface area contributed by atoms with Crippen LogP contribution >= 0.6 is 11.6 Å². The predicted octanol–water partition coefficient (Wildman–Crippen LogP) is 6.62. The summed E-state index contributed by atoms with van der Waals surface area (Å²) in [5, 5.41) is 0. The lowest BCUT2D eigenvalue weighted by Gasteiger charge is -2.18. The number of hydrogen-bond acceptors (Lipinski definition) is 1. The SMILES string of the molecule is CCCCc1ccc(CCl)c(CCCC)c1CCCC.N. The number of rotatable bonds is 10. The van der Waals surface area contributed by atoms with Crippen LogP contribution in [0.4, 0.5) is 0 Å². The van der Waals surface area contributed by atoms with E-state index in [4.69, 9.17) is 11.6 Å². The van der Waals surface area contributed by atoms with Gasteiger partial charge in [0.1, 0.15) is 0 Å². The summed E-state index contributed by atoms with van der Waals surface area (Å²) >= 11 is 6.17. The van der Waals surface area contributed by atoms with E-state index in [1.807, 2.05) is 0 Å². The highest BCUT2D eigenvalue weighted by molar-refractivity contribution is 6.17. The van der Waals surface area contributed by atoms with Gasteiger partial charge >= 0.3 is 0 Å². The van der Waals surface area contributed by atoms with Gasteiger partial charge in [0.25, 0.3) is 0 Å². The summed E-state index contributed by atoms with van der Waals surface area (Å²) < 4.78 is 0. The van der Waals surface area contributed by atoms with Crippen molar-refractivity contribution in [2.45, 2.75) is 84.4 Å². The molecule has 0 saturated heterocycles. The molecule has 0 aliphatic rings. The van der Waals surface area contributed by atoms with Crippen LogP contribution in [-0.4, -0.2) is 0 Å². The van der Waals surface area contributed by atoms with Crippen LogP contribution in [0.2, 0.25) is 0 Å². The molecule has 122 valence electrons. The van der Waals surface area contributed by atoms with E-state index in [9.17, 15) is 0 Å². The molecule has 0 fully saturated rings. The Morgan fingerprint density at radius 2 is 1.14 bits per heavy atom. The average Bonchev–Trinajstić information content (AvgIpc) is 2.48. The molecule has 0 radical (unpaired) electrons. The van der Waals surface area contributed by atoms with Crippen LogP contribution in [0.25, 0.3) is 0 Å². The molecule has 0 atom stereocenters. The number of halogens is 1. The van der Waals surface area contributed by atoms with E-state index in [1.165, 1.54) is 63.4 Å². The van der Waals surface area contributed by atoms with Crippen LogP contribution in [0.1, 0.15) is 81.5 Å². The van der Waals surface area contributed by atoms with Crippen molar-refractivity contribution in [3.05, 3.63) is 34.4 Å². The minimum atomic E-state index is 0. The van der Waals surface area contributed by atoms with Gasteiger partial charge in [-0.05, 0) is 60.8 Å². The first-order valence-electron chi connectivity index (χ1n) is 8.46. The molecule has 0 saturated carbocycles. The van der Waals surface area contributed by atoms with E-state index in [0.29, 0.717) is 5.88 Å². The third kappa shape index (κ3) is 6.40. The number of hydrogen-bond donors (Lipinski definition) is 1. The standard InChI is InChI=1S/C19H31Cl.H3N/c1-4-7-10-16-13-14-17(15-20)19(12-9-6-3)18(16)11-8-5-2;/h13-14H,4-12,15H2,1-3H3;1H3. The zero-order valence-corrected chi connectivity index (χ0v) is 15.1. The van der Waals surface area contributed by atoms with Gasteiger partial charge in [-0.25, -0.2) is 0 Å². The van der Waals surface area contributed by atoms with E-state index >= 15 is 0 Å². The van der Waals surface area contributed by atoms with Gasteiger partial charge in [-0.2, -0.15) is 0 Å². The first-order chi connectivity index (χ1) is 9.78. The molecule has 0 aliphatic heterocycles. The first-order valence-corrected chi connectivity index (χ1v) is 9.00. The number of benzene rings is 1. The molecule has 21 heavy (non-hydrogen) atoms. The summed E-state index contributed by atoms with van der Waals surface area (Å²) in [7, 11) is 0. The number of alkyl halides is 1. The topological polar surface area (TPSA) is 35.0 Å². The molecule has 0 heterocycles. The van der Waals surface area contributed by atoms with Crippen LogP contribution in [0.3, 0.4) is 0 Å². The van der Waals surface area contributed by atoms with Crippen molar-refractivity contribution >= 4 is 11.6 Å². The Kier molecular flexibility index (Phi) is 11.8. The Morgan fingerprint density at radius 3 is 1.62 bits per heavy atom. The summed E-state index contributed by atoms with van der Waals surface area (Å²) in [6, 6.07) is 4.62. The lowest BCUT2D eigenvalue weighted by atomic mass is 9.88. The van der Waals surface area contributed by atoms with Gasteiger partial charge in [0.05, 0.1) is 0 Å². The Balaban J connectivity index is 0.00000400. The second-order valence-corrected chi connectivity index (χ2v) is 6.05. The van der Waals surface area contributed by atoms with Crippen LogP contribution in [0.5, 0.6) is 0 Å². The molecule has 0 amide bonds. The van der Waals surface area contributed by atoms with Crippen molar-refractivity contribution < 1.29 is 0 Å². The average molecular weight is 312 g/mol. The fourth-order valence-electron chi connectivity index (χ4n) is 2.85.